The minimum absolute atomic E-state index is 0.349. The number of rotatable bonds is 7. The van der Waals surface area contributed by atoms with Gasteiger partial charge in [-0.15, -0.1) is 0 Å². The Morgan fingerprint density at radius 3 is 2.60 bits per heavy atom. The monoisotopic (exact) mass is 339 g/mol. The zero-order chi connectivity index (χ0) is 14.5. The largest absolute Gasteiger partial charge is 0.480 e. The van der Waals surface area contributed by atoms with Crippen LogP contribution in [-0.4, -0.2) is 23.2 Å². The Labute approximate surface area is 128 Å². The van der Waals surface area contributed by atoms with Crippen molar-refractivity contribution < 1.29 is 9.90 Å². The summed E-state index contributed by atoms with van der Waals surface area (Å²) < 4.78 is 1.10. The Hall–Kier alpha value is -0.870. The highest BCUT2D eigenvalue weighted by atomic mass is 79.9. The van der Waals surface area contributed by atoms with Crippen LogP contribution in [0, 0.1) is 0 Å². The molecule has 0 unspecified atom stereocenters. The van der Waals surface area contributed by atoms with Gasteiger partial charge in [-0.05, 0) is 42.9 Å². The van der Waals surface area contributed by atoms with Gasteiger partial charge in [-0.25, -0.2) is 0 Å². The summed E-state index contributed by atoms with van der Waals surface area (Å²) in [6, 6.07) is 8.40. The van der Waals surface area contributed by atoms with Crippen molar-refractivity contribution >= 4 is 21.9 Å². The van der Waals surface area contributed by atoms with Crippen molar-refractivity contribution in [2.75, 3.05) is 0 Å². The van der Waals surface area contributed by atoms with Gasteiger partial charge in [0.05, 0.1) is 0 Å². The molecule has 0 amide bonds. The van der Waals surface area contributed by atoms with Crippen LogP contribution in [-0.2, 0) is 4.79 Å². The molecule has 110 valence electrons. The Morgan fingerprint density at radius 1 is 1.40 bits per heavy atom. The van der Waals surface area contributed by atoms with Crippen molar-refractivity contribution in [2.45, 2.75) is 57.0 Å². The average Bonchev–Trinajstić information content (AvgIpc) is 2.38. The predicted octanol–water partition coefficient (Wildman–Crippen LogP) is 3.93. The van der Waals surface area contributed by atoms with Gasteiger partial charge in [-0.3, -0.25) is 4.79 Å². The van der Waals surface area contributed by atoms with Crippen molar-refractivity contribution in [3.8, 4) is 0 Å². The Bertz CT molecular complexity index is 440. The molecule has 4 heteroatoms. The van der Waals surface area contributed by atoms with E-state index >= 15 is 0 Å². The first kappa shape index (κ1) is 15.5. The normalized spacial score (nSPS) is 23.1. The molecule has 2 N–H and O–H groups in total. The van der Waals surface area contributed by atoms with Crippen molar-refractivity contribution in [3.05, 3.63) is 34.3 Å². The van der Waals surface area contributed by atoms with Gasteiger partial charge in [0.15, 0.2) is 0 Å². The number of aliphatic carboxylic acids is 1. The zero-order valence-corrected chi connectivity index (χ0v) is 13.4. The van der Waals surface area contributed by atoms with E-state index in [9.17, 15) is 9.90 Å². The molecule has 1 fully saturated rings. The minimum Gasteiger partial charge on any atom is -0.480 e. The summed E-state index contributed by atoms with van der Waals surface area (Å²) in [7, 11) is 0. The molecule has 1 aromatic carbocycles. The van der Waals surface area contributed by atoms with Gasteiger partial charge in [0, 0.05) is 10.5 Å². The quantitative estimate of drug-likeness (QED) is 0.791. The van der Waals surface area contributed by atoms with E-state index in [-0.39, 0.29) is 6.04 Å². The van der Waals surface area contributed by atoms with E-state index in [0.29, 0.717) is 12.0 Å². The molecule has 1 atom stereocenters. The number of carbonyl (C=O) groups is 1. The smallest absolute Gasteiger partial charge is 0.320 e. The van der Waals surface area contributed by atoms with Gasteiger partial charge in [0.25, 0.3) is 0 Å². The Kier molecular flexibility index (Phi) is 5.61. The number of hydrogen-bond donors (Lipinski definition) is 2. The van der Waals surface area contributed by atoms with Crippen LogP contribution in [0.4, 0.5) is 0 Å². The number of hydrogen-bond acceptors (Lipinski definition) is 2. The molecule has 0 aliphatic heterocycles. The number of nitrogens with one attached hydrogen (secondary N) is 1. The van der Waals surface area contributed by atoms with E-state index in [2.05, 4.69) is 52.4 Å². The van der Waals surface area contributed by atoms with Crippen LogP contribution in [0.3, 0.4) is 0 Å². The van der Waals surface area contributed by atoms with Gasteiger partial charge in [0.1, 0.15) is 6.04 Å². The Morgan fingerprint density at radius 2 is 2.05 bits per heavy atom. The zero-order valence-electron chi connectivity index (χ0n) is 11.8. The van der Waals surface area contributed by atoms with Crippen LogP contribution < -0.4 is 5.32 Å². The molecule has 3 nitrogen and oxygen atoms in total. The molecule has 0 saturated heterocycles. The molecule has 0 heterocycles. The van der Waals surface area contributed by atoms with E-state index in [0.717, 1.165) is 36.6 Å². The highest BCUT2D eigenvalue weighted by Gasteiger charge is 2.32. The summed E-state index contributed by atoms with van der Waals surface area (Å²) in [5, 5.41) is 12.5. The maximum atomic E-state index is 11.2. The third kappa shape index (κ3) is 4.06. The van der Waals surface area contributed by atoms with Gasteiger partial charge >= 0.3 is 5.97 Å². The van der Waals surface area contributed by atoms with E-state index in [4.69, 9.17) is 0 Å². The summed E-state index contributed by atoms with van der Waals surface area (Å²) in [6.45, 7) is 2.09. The molecule has 0 spiro atoms. The third-order valence-electron chi connectivity index (χ3n) is 4.06. The standard InChI is InChI=1S/C16H22BrNO2/c1-2-3-4-15(16(19)20)18-14-9-12(10-14)11-5-7-13(17)8-6-11/h5-8,12,14-15,18H,2-4,9-10H2,1H3,(H,19,20)/t12?,14?,15-/m0/s1. The molecule has 2 rings (SSSR count). The molecule has 0 radical (unpaired) electrons. The van der Waals surface area contributed by atoms with Crippen LogP contribution in [0.15, 0.2) is 28.7 Å². The first-order valence-corrected chi connectivity index (χ1v) is 8.13. The van der Waals surface area contributed by atoms with Crippen molar-refractivity contribution in [1.29, 1.82) is 0 Å². The lowest BCUT2D eigenvalue weighted by Crippen LogP contribution is -2.48. The molecular formula is C16H22BrNO2. The molecule has 1 aliphatic rings. The van der Waals surface area contributed by atoms with Crippen molar-refractivity contribution in [1.82, 2.24) is 5.32 Å². The van der Waals surface area contributed by atoms with E-state index in [1.165, 1.54) is 5.56 Å². The third-order valence-corrected chi connectivity index (χ3v) is 4.59. The van der Waals surface area contributed by atoms with E-state index in [1.54, 1.807) is 0 Å². The van der Waals surface area contributed by atoms with E-state index < -0.39 is 5.97 Å². The second-order valence-corrected chi connectivity index (χ2v) is 6.53. The lowest BCUT2D eigenvalue weighted by Gasteiger charge is -2.38. The van der Waals surface area contributed by atoms with Gasteiger partial charge in [-0.1, -0.05) is 47.8 Å². The van der Waals surface area contributed by atoms with E-state index in [1.807, 2.05) is 0 Å². The maximum Gasteiger partial charge on any atom is 0.320 e. The highest BCUT2D eigenvalue weighted by molar-refractivity contribution is 9.10. The highest BCUT2D eigenvalue weighted by Crippen LogP contribution is 2.37. The van der Waals surface area contributed by atoms with Crippen molar-refractivity contribution in [2.24, 2.45) is 0 Å². The number of carboxylic acid groups (broad SMARTS) is 1. The molecule has 1 saturated carbocycles. The van der Waals surface area contributed by atoms with Crippen LogP contribution >= 0.6 is 15.9 Å². The fourth-order valence-corrected chi connectivity index (χ4v) is 3.00. The van der Waals surface area contributed by atoms with Crippen LogP contribution in [0.1, 0.15) is 50.5 Å². The number of unbranched alkanes of at least 4 members (excludes halogenated alkanes) is 1. The molecule has 0 aromatic heterocycles. The lowest BCUT2D eigenvalue weighted by molar-refractivity contribution is -0.140. The van der Waals surface area contributed by atoms with Gasteiger partial charge in [0.2, 0.25) is 0 Å². The summed E-state index contributed by atoms with van der Waals surface area (Å²) in [5.74, 6) is -0.147. The fraction of sp³-hybridized carbons (Fsp3) is 0.562. The van der Waals surface area contributed by atoms with Gasteiger partial charge in [-0.2, -0.15) is 0 Å². The number of carboxylic acids is 1. The lowest BCUT2D eigenvalue weighted by atomic mass is 9.75. The number of benzene rings is 1. The molecular weight excluding hydrogens is 318 g/mol. The maximum absolute atomic E-state index is 11.2. The number of halogens is 1. The summed E-state index contributed by atoms with van der Waals surface area (Å²) >= 11 is 3.44. The molecule has 1 aromatic rings. The fourth-order valence-electron chi connectivity index (χ4n) is 2.73. The van der Waals surface area contributed by atoms with Crippen molar-refractivity contribution in [3.63, 3.8) is 0 Å². The van der Waals surface area contributed by atoms with Crippen LogP contribution in [0.2, 0.25) is 0 Å². The van der Waals surface area contributed by atoms with Crippen LogP contribution in [0.25, 0.3) is 0 Å². The summed E-state index contributed by atoms with van der Waals surface area (Å²) in [4.78, 5) is 11.2. The SMILES string of the molecule is CCCC[C@H](NC1CC(c2ccc(Br)cc2)C1)C(=O)O. The van der Waals surface area contributed by atoms with Crippen LogP contribution in [0.5, 0.6) is 0 Å². The minimum atomic E-state index is -0.717. The molecule has 20 heavy (non-hydrogen) atoms. The summed E-state index contributed by atoms with van der Waals surface area (Å²) in [6.07, 6.45) is 4.81. The molecule has 1 aliphatic carbocycles. The Balaban J connectivity index is 1.80. The summed E-state index contributed by atoms with van der Waals surface area (Å²) in [5.41, 5.74) is 1.35. The average molecular weight is 340 g/mol. The first-order valence-electron chi connectivity index (χ1n) is 7.34. The second-order valence-electron chi connectivity index (χ2n) is 5.62. The molecule has 0 bridgehead atoms. The topological polar surface area (TPSA) is 49.3 Å². The predicted molar refractivity (Wildman–Crippen MR) is 84.0 cm³/mol. The van der Waals surface area contributed by atoms with Gasteiger partial charge < -0.3 is 10.4 Å². The second kappa shape index (κ2) is 7.23. The first-order chi connectivity index (χ1) is 9.60.